The van der Waals surface area contributed by atoms with Crippen molar-refractivity contribution in [3.8, 4) is 0 Å². The van der Waals surface area contributed by atoms with Crippen molar-refractivity contribution < 1.29 is 13.2 Å². The molecule has 2 atom stereocenters. The molecule has 1 aromatic heterocycles. The molecule has 0 aromatic carbocycles. The lowest BCUT2D eigenvalue weighted by molar-refractivity contribution is -0.129. The zero-order valence-corrected chi connectivity index (χ0v) is 13.7. The first-order valence-corrected chi connectivity index (χ1v) is 9.46. The Morgan fingerprint density at radius 3 is 2.70 bits per heavy atom. The molecule has 23 heavy (non-hydrogen) atoms. The highest BCUT2D eigenvalue weighted by Crippen LogP contribution is 2.26. The Bertz CT molecular complexity index is 666. The van der Waals surface area contributed by atoms with Crippen molar-refractivity contribution in [3.05, 3.63) is 18.5 Å². The van der Waals surface area contributed by atoms with Crippen molar-refractivity contribution in [2.24, 2.45) is 11.1 Å². The van der Waals surface area contributed by atoms with Crippen LogP contribution in [-0.4, -0.2) is 60.6 Å². The Hall–Kier alpha value is -1.74. The maximum Gasteiger partial charge on any atom is 0.225 e. The Kier molecular flexibility index (Phi) is 4.49. The smallest absolute Gasteiger partial charge is 0.225 e. The van der Waals surface area contributed by atoms with Gasteiger partial charge in [-0.15, -0.1) is 0 Å². The molecule has 2 fully saturated rings. The van der Waals surface area contributed by atoms with E-state index in [1.165, 1.54) is 0 Å². The van der Waals surface area contributed by atoms with Gasteiger partial charge in [0.25, 0.3) is 0 Å². The average Bonchev–Trinajstić information content (AvgIpc) is 2.87. The van der Waals surface area contributed by atoms with Crippen LogP contribution in [0.2, 0.25) is 0 Å². The second-order valence-corrected chi connectivity index (χ2v) is 7.90. The monoisotopic (exact) mass is 339 g/mol. The fourth-order valence-corrected chi connectivity index (χ4v) is 4.33. The Morgan fingerprint density at radius 2 is 2.00 bits per heavy atom. The molecule has 2 N–H and O–H groups in total. The molecule has 0 bridgehead atoms. The number of sulfonamides is 1. The zero-order valence-electron chi connectivity index (χ0n) is 12.8. The van der Waals surface area contributed by atoms with Gasteiger partial charge in [0.05, 0.1) is 5.75 Å². The third kappa shape index (κ3) is 3.97. The number of anilines is 1. The molecule has 9 heteroatoms. The molecule has 1 amide bonds. The summed E-state index contributed by atoms with van der Waals surface area (Å²) < 4.78 is 22.5. The number of carbonyl (C=O) groups is 1. The molecule has 0 aliphatic carbocycles. The third-order valence-corrected chi connectivity index (χ3v) is 5.31. The Labute approximate surface area is 135 Å². The second-order valence-electron chi connectivity index (χ2n) is 6.24. The van der Waals surface area contributed by atoms with Crippen molar-refractivity contribution in [1.29, 1.82) is 0 Å². The van der Waals surface area contributed by atoms with Crippen LogP contribution in [0.25, 0.3) is 0 Å². The number of nitrogens with zero attached hydrogens (tertiary/aromatic N) is 4. The average molecular weight is 339 g/mol. The minimum atomic E-state index is -3.55. The summed E-state index contributed by atoms with van der Waals surface area (Å²) in [5.41, 5.74) is 0. The summed E-state index contributed by atoms with van der Waals surface area (Å²) in [4.78, 5) is 24.7. The molecule has 1 aromatic rings. The lowest BCUT2D eigenvalue weighted by atomic mass is 10.0. The van der Waals surface area contributed by atoms with Crippen LogP contribution < -0.4 is 10.0 Å². The molecule has 2 aliphatic heterocycles. The van der Waals surface area contributed by atoms with Gasteiger partial charge in [-0.2, -0.15) is 0 Å². The van der Waals surface area contributed by atoms with Gasteiger partial charge in [-0.1, -0.05) is 0 Å². The quantitative estimate of drug-likeness (QED) is 0.798. The van der Waals surface area contributed by atoms with Gasteiger partial charge in [-0.05, 0) is 18.9 Å². The van der Waals surface area contributed by atoms with Crippen LogP contribution in [0.4, 0.5) is 5.95 Å². The zero-order chi connectivity index (χ0) is 16.4. The van der Waals surface area contributed by atoms with Gasteiger partial charge in [0, 0.05) is 50.4 Å². The standard InChI is InChI=1S/C14H21N5O3S/c15-23(21,22)10-11-7-13(20)19(8-11)12-3-1-6-18(9-12)14-16-4-2-5-17-14/h2,4-5,11-12H,1,3,6-10H2,(H2,15,21,22). The van der Waals surface area contributed by atoms with Crippen molar-refractivity contribution >= 4 is 21.9 Å². The summed E-state index contributed by atoms with van der Waals surface area (Å²) in [5, 5.41) is 5.10. The fraction of sp³-hybridized carbons (Fsp3) is 0.643. The van der Waals surface area contributed by atoms with E-state index in [1.54, 1.807) is 18.5 Å². The minimum absolute atomic E-state index is 0.0134. The van der Waals surface area contributed by atoms with Crippen LogP contribution in [0.15, 0.2) is 18.5 Å². The number of amides is 1. The van der Waals surface area contributed by atoms with Gasteiger partial charge in [0.2, 0.25) is 21.9 Å². The van der Waals surface area contributed by atoms with Crippen LogP contribution in [0.5, 0.6) is 0 Å². The molecular formula is C14H21N5O3S. The number of aromatic nitrogens is 2. The first kappa shape index (κ1) is 16.1. The number of likely N-dealkylation sites (tertiary alicyclic amines) is 1. The second kappa shape index (κ2) is 6.40. The van der Waals surface area contributed by atoms with Gasteiger partial charge in [0.15, 0.2) is 0 Å². The summed E-state index contributed by atoms with van der Waals surface area (Å²) in [5.74, 6) is 0.346. The van der Waals surface area contributed by atoms with Crippen molar-refractivity contribution in [3.63, 3.8) is 0 Å². The van der Waals surface area contributed by atoms with Gasteiger partial charge in [-0.25, -0.2) is 23.5 Å². The van der Waals surface area contributed by atoms with Crippen molar-refractivity contribution in [2.75, 3.05) is 30.3 Å². The molecular weight excluding hydrogens is 318 g/mol. The number of carbonyl (C=O) groups excluding carboxylic acids is 1. The van der Waals surface area contributed by atoms with E-state index in [1.807, 2.05) is 4.90 Å². The number of hydrogen-bond donors (Lipinski definition) is 1. The Morgan fingerprint density at radius 1 is 1.26 bits per heavy atom. The predicted octanol–water partition coefficient (Wildman–Crippen LogP) is -0.418. The lowest BCUT2D eigenvalue weighted by Crippen LogP contribution is -2.49. The van der Waals surface area contributed by atoms with E-state index in [-0.39, 0.29) is 30.0 Å². The van der Waals surface area contributed by atoms with E-state index in [4.69, 9.17) is 5.14 Å². The lowest BCUT2D eigenvalue weighted by Gasteiger charge is -2.37. The SMILES string of the molecule is NS(=O)(=O)CC1CC(=O)N(C2CCCN(c3ncccn3)C2)C1. The van der Waals surface area contributed by atoms with E-state index >= 15 is 0 Å². The van der Waals surface area contributed by atoms with E-state index in [0.717, 1.165) is 19.4 Å². The molecule has 2 saturated heterocycles. The van der Waals surface area contributed by atoms with Crippen LogP contribution in [-0.2, 0) is 14.8 Å². The van der Waals surface area contributed by atoms with Gasteiger partial charge in [0.1, 0.15) is 0 Å². The van der Waals surface area contributed by atoms with Crippen molar-refractivity contribution in [2.45, 2.75) is 25.3 Å². The summed E-state index contributed by atoms with van der Waals surface area (Å²) >= 11 is 0. The molecule has 0 radical (unpaired) electrons. The largest absolute Gasteiger partial charge is 0.339 e. The number of rotatable bonds is 4. The molecule has 3 rings (SSSR count). The van der Waals surface area contributed by atoms with Crippen LogP contribution >= 0.6 is 0 Å². The van der Waals surface area contributed by atoms with Crippen molar-refractivity contribution in [1.82, 2.24) is 14.9 Å². The topological polar surface area (TPSA) is 109 Å². The number of piperidine rings is 1. The third-order valence-electron chi connectivity index (χ3n) is 4.38. The fourth-order valence-electron chi connectivity index (χ4n) is 3.45. The first-order chi connectivity index (χ1) is 10.9. The molecule has 3 heterocycles. The van der Waals surface area contributed by atoms with E-state index < -0.39 is 10.0 Å². The highest BCUT2D eigenvalue weighted by molar-refractivity contribution is 7.89. The van der Waals surface area contributed by atoms with Gasteiger partial charge < -0.3 is 9.80 Å². The van der Waals surface area contributed by atoms with Gasteiger partial charge >= 0.3 is 0 Å². The highest BCUT2D eigenvalue weighted by Gasteiger charge is 2.37. The summed E-state index contributed by atoms with van der Waals surface area (Å²) in [6.07, 6.45) is 5.53. The first-order valence-electron chi connectivity index (χ1n) is 7.74. The van der Waals surface area contributed by atoms with Crippen LogP contribution in [0, 0.1) is 5.92 Å². The highest BCUT2D eigenvalue weighted by atomic mass is 32.2. The minimum Gasteiger partial charge on any atom is -0.339 e. The number of primary sulfonamides is 1. The molecule has 8 nitrogen and oxygen atoms in total. The maximum atomic E-state index is 12.3. The number of hydrogen-bond acceptors (Lipinski definition) is 6. The Balaban J connectivity index is 1.66. The van der Waals surface area contributed by atoms with E-state index in [0.29, 0.717) is 19.0 Å². The maximum absolute atomic E-state index is 12.3. The molecule has 126 valence electrons. The summed E-state index contributed by atoms with van der Waals surface area (Å²) in [6, 6.07) is 1.85. The summed E-state index contributed by atoms with van der Waals surface area (Å²) in [7, 11) is -3.55. The normalized spacial score (nSPS) is 25.9. The number of nitrogens with two attached hydrogens (primary N) is 1. The molecule has 0 saturated carbocycles. The molecule has 0 spiro atoms. The summed E-state index contributed by atoms with van der Waals surface area (Å²) in [6.45, 7) is 2.00. The van der Waals surface area contributed by atoms with Gasteiger partial charge in [-0.3, -0.25) is 4.79 Å². The molecule has 2 unspecified atom stereocenters. The van der Waals surface area contributed by atoms with E-state index in [9.17, 15) is 13.2 Å². The van der Waals surface area contributed by atoms with Crippen LogP contribution in [0.3, 0.4) is 0 Å². The molecule has 2 aliphatic rings. The predicted molar refractivity (Wildman–Crippen MR) is 85.1 cm³/mol. The van der Waals surface area contributed by atoms with E-state index in [2.05, 4.69) is 14.9 Å². The van der Waals surface area contributed by atoms with Crippen LogP contribution in [0.1, 0.15) is 19.3 Å².